The molecule has 0 saturated carbocycles. The van der Waals surface area contributed by atoms with E-state index in [2.05, 4.69) is 6.58 Å². The van der Waals surface area contributed by atoms with Crippen molar-refractivity contribution in [2.45, 2.75) is 19.6 Å². The Morgan fingerprint density at radius 1 is 1.80 bits per heavy atom. The van der Waals surface area contributed by atoms with Gasteiger partial charge >= 0.3 is 5.97 Å². The van der Waals surface area contributed by atoms with Crippen LogP contribution in [-0.2, 0) is 14.3 Å². The first-order valence-electron chi connectivity index (χ1n) is 3.10. The second-order valence-electron chi connectivity index (χ2n) is 1.71. The molecule has 58 valence electrons. The Balaban J connectivity index is 3.62. The van der Waals surface area contributed by atoms with Crippen LogP contribution in [0.3, 0.4) is 0 Å². The van der Waals surface area contributed by atoms with Crippen LogP contribution in [0, 0.1) is 0 Å². The summed E-state index contributed by atoms with van der Waals surface area (Å²) in [5.74, 6) is -0.450. The van der Waals surface area contributed by atoms with E-state index in [0.717, 1.165) is 6.08 Å². The molecule has 0 spiro atoms. The molecule has 0 aromatic carbocycles. The lowest BCUT2D eigenvalue weighted by atomic mass is 10.5. The van der Waals surface area contributed by atoms with Crippen molar-refractivity contribution in [1.82, 2.24) is 0 Å². The van der Waals surface area contributed by atoms with E-state index in [1.54, 1.807) is 0 Å². The summed E-state index contributed by atoms with van der Waals surface area (Å²) in [7, 11) is 1.49. The van der Waals surface area contributed by atoms with Gasteiger partial charge in [0.2, 0.25) is 6.29 Å². The van der Waals surface area contributed by atoms with Gasteiger partial charge in [-0.15, -0.1) is 0 Å². The van der Waals surface area contributed by atoms with Crippen molar-refractivity contribution < 1.29 is 14.3 Å². The Morgan fingerprint density at radius 3 is 2.70 bits per heavy atom. The Labute approximate surface area is 60.6 Å². The molecule has 1 unspecified atom stereocenters. The van der Waals surface area contributed by atoms with Crippen LogP contribution in [-0.4, -0.2) is 19.4 Å². The van der Waals surface area contributed by atoms with Gasteiger partial charge in [-0.05, 0) is 0 Å². The maximum absolute atomic E-state index is 10.5. The van der Waals surface area contributed by atoms with Crippen molar-refractivity contribution >= 4 is 5.97 Å². The number of esters is 1. The van der Waals surface area contributed by atoms with E-state index in [4.69, 9.17) is 9.47 Å². The highest BCUT2D eigenvalue weighted by molar-refractivity contribution is 5.81. The molecule has 0 amide bonds. The van der Waals surface area contributed by atoms with Gasteiger partial charge in [0.1, 0.15) is 0 Å². The lowest BCUT2D eigenvalue weighted by Gasteiger charge is -2.11. The van der Waals surface area contributed by atoms with E-state index in [9.17, 15) is 4.79 Å². The van der Waals surface area contributed by atoms with Gasteiger partial charge in [0.15, 0.2) is 0 Å². The van der Waals surface area contributed by atoms with E-state index in [-0.39, 0.29) is 0 Å². The molecule has 0 aliphatic carbocycles. The minimum Gasteiger partial charge on any atom is -0.433 e. The van der Waals surface area contributed by atoms with Crippen LogP contribution in [0.5, 0.6) is 0 Å². The zero-order valence-electron chi connectivity index (χ0n) is 6.29. The van der Waals surface area contributed by atoms with Crippen molar-refractivity contribution in [1.29, 1.82) is 0 Å². The van der Waals surface area contributed by atoms with Crippen LogP contribution < -0.4 is 0 Å². The van der Waals surface area contributed by atoms with E-state index in [0.29, 0.717) is 6.42 Å². The van der Waals surface area contributed by atoms with Gasteiger partial charge in [-0.1, -0.05) is 13.5 Å². The van der Waals surface area contributed by atoms with Crippen molar-refractivity contribution in [2.24, 2.45) is 0 Å². The lowest BCUT2D eigenvalue weighted by Crippen LogP contribution is -2.17. The van der Waals surface area contributed by atoms with Gasteiger partial charge < -0.3 is 9.47 Å². The van der Waals surface area contributed by atoms with E-state index in [1.807, 2.05) is 6.92 Å². The minimum absolute atomic E-state index is 0.439. The molecule has 0 radical (unpaired) electrons. The predicted molar refractivity (Wildman–Crippen MR) is 37.4 cm³/mol. The minimum atomic E-state index is -0.450. The van der Waals surface area contributed by atoms with Gasteiger partial charge in [-0.3, -0.25) is 0 Å². The molecule has 0 N–H and O–H groups in total. The van der Waals surface area contributed by atoms with Crippen LogP contribution >= 0.6 is 0 Å². The van der Waals surface area contributed by atoms with Crippen LogP contribution in [0.25, 0.3) is 0 Å². The number of rotatable bonds is 4. The van der Waals surface area contributed by atoms with Crippen molar-refractivity contribution in [3.05, 3.63) is 12.7 Å². The standard InChI is InChI=1S/C7H12O3/c1-4-6(8)10-7(5-2)9-3/h4,7H,1,5H2,2-3H3. The first-order valence-corrected chi connectivity index (χ1v) is 3.10. The second kappa shape index (κ2) is 4.99. The molecule has 0 fully saturated rings. The van der Waals surface area contributed by atoms with Gasteiger partial charge in [0.25, 0.3) is 0 Å². The third kappa shape index (κ3) is 3.25. The number of ether oxygens (including phenoxy) is 2. The van der Waals surface area contributed by atoms with Crippen LogP contribution in [0.15, 0.2) is 12.7 Å². The third-order valence-corrected chi connectivity index (χ3v) is 1.01. The van der Waals surface area contributed by atoms with Crippen molar-refractivity contribution in [3.8, 4) is 0 Å². The molecule has 0 aromatic rings. The first kappa shape index (κ1) is 9.17. The maximum Gasteiger partial charge on any atom is 0.332 e. The summed E-state index contributed by atoms with van der Waals surface area (Å²) in [6, 6.07) is 0. The van der Waals surface area contributed by atoms with Crippen molar-refractivity contribution in [3.63, 3.8) is 0 Å². The SMILES string of the molecule is C=CC(=O)OC(CC)OC. The Bertz CT molecular complexity index is 116. The smallest absolute Gasteiger partial charge is 0.332 e. The average Bonchev–Trinajstić information content (AvgIpc) is 1.99. The number of hydrogen-bond acceptors (Lipinski definition) is 3. The molecule has 0 heterocycles. The quantitative estimate of drug-likeness (QED) is 0.336. The highest BCUT2D eigenvalue weighted by Crippen LogP contribution is 1.98. The van der Waals surface area contributed by atoms with Crippen LogP contribution in [0.4, 0.5) is 0 Å². The molecule has 1 atom stereocenters. The van der Waals surface area contributed by atoms with Gasteiger partial charge in [-0.25, -0.2) is 4.79 Å². The zero-order chi connectivity index (χ0) is 7.98. The van der Waals surface area contributed by atoms with Gasteiger partial charge in [-0.2, -0.15) is 0 Å². The summed E-state index contributed by atoms with van der Waals surface area (Å²) in [6.45, 7) is 5.12. The molecule has 3 heteroatoms. The second-order valence-corrected chi connectivity index (χ2v) is 1.71. The Morgan fingerprint density at radius 2 is 2.40 bits per heavy atom. The molecule has 0 rings (SSSR count). The molecule has 3 nitrogen and oxygen atoms in total. The Hall–Kier alpha value is -0.830. The fourth-order valence-electron chi connectivity index (χ4n) is 0.476. The average molecular weight is 144 g/mol. The summed E-state index contributed by atoms with van der Waals surface area (Å²) in [4.78, 5) is 10.5. The predicted octanol–water partition coefficient (Wildman–Crippen LogP) is 1.10. The van der Waals surface area contributed by atoms with E-state index < -0.39 is 12.3 Å². The molecule has 0 aliphatic heterocycles. The molecule has 10 heavy (non-hydrogen) atoms. The number of hydrogen-bond donors (Lipinski definition) is 0. The number of methoxy groups -OCH3 is 1. The summed E-state index contributed by atoms with van der Waals surface area (Å²) in [5.41, 5.74) is 0. The number of carbonyl (C=O) groups is 1. The third-order valence-electron chi connectivity index (χ3n) is 1.01. The van der Waals surface area contributed by atoms with Gasteiger partial charge in [0, 0.05) is 19.6 Å². The molecule has 0 saturated heterocycles. The largest absolute Gasteiger partial charge is 0.433 e. The number of carbonyl (C=O) groups excluding carboxylic acids is 1. The summed E-state index contributed by atoms with van der Waals surface area (Å²) in [5, 5.41) is 0. The first-order chi connectivity index (χ1) is 4.74. The van der Waals surface area contributed by atoms with Gasteiger partial charge in [0.05, 0.1) is 0 Å². The molecule has 0 aliphatic rings. The highest BCUT2D eigenvalue weighted by Gasteiger charge is 2.06. The summed E-state index contributed by atoms with van der Waals surface area (Å²) >= 11 is 0. The fourth-order valence-corrected chi connectivity index (χ4v) is 0.476. The molecule has 0 bridgehead atoms. The monoisotopic (exact) mass is 144 g/mol. The molecular formula is C7H12O3. The highest BCUT2D eigenvalue weighted by atomic mass is 16.7. The lowest BCUT2D eigenvalue weighted by molar-refractivity contribution is -0.167. The normalized spacial score (nSPS) is 12.2. The molecule has 0 aromatic heterocycles. The van der Waals surface area contributed by atoms with Crippen LogP contribution in [0.1, 0.15) is 13.3 Å². The van der Waals surface area contributed by atoms with Crippen LogP contribution in [0.2, 0.25) is 0 Å². The maximum atomic E-state index is 10.5. The Kier molecular flexibility index (Phi) is 4.58. The van der Waals surface area contributed by atoms with Crippen molar-refractivity contribution in [2.75, 3.05) is 7.11 Å². The topological polar surface area (TPSA) is 35.5 Å². The molecular weight excluding hydrogens is 132 g/mol. The zero-order valence-corrected chi connectivity index (χ0v) is 6.29. The summed E-state index contributed by atoms with van der Waals surface area (Å²) < 4.78 is 9.50. The fraction of sp³-hybridized carbons (Fsp3) is 0.571. The summed E-state index contributed by atoms with van der Waals surface area (Å²) in [6.07, 6.45) is 1.32. The van der Waals surface area contributed by atoms with E-state index in [1.165, 1.54) is 7.11 Å². The van der Waals surface area contributed by atoms with E-state index >= 15 is 0 Å².